The minimum absolute atomic E-state index is 0.160. The lowest BCUT2D eigenvalue weighted by Gasteiger charge is -2.12. The van der Waals surface area contributed by atoms with Crippen LogP contribution in [0.2, 0.25) is 0 Å². The number of benzene rings is 1. The van der Waals surface area contributed by atoms with Crippen molar-refractivity contribution in [3.63, 3.8) is 0 Å². The molecule has 0 amide bonds. The molecule has 1 aromatic rings. The summed E-state index contributed by atoms with van der Waals surface area (Å²) in [6.07, 6.45) is -3.04. The van der Waals surface area contributed by atoms with Gasteiger partial charge in [-0.25, -0.2) is 0 Å². The van der Waals surface area contributed by atoms with Gasteiger partial charge < -0.3 is 10.1 Å². The van der Waals surface area contributed by atoms with Crippen molar-refractivity contribution in [2.45, 2.75) is 32.2 Å². The first-order valence-electron chi connectivity index (χ1n) is 5.42. The Kier molecular flexibility index (Phi) is 4.81. The molecule has 0 aromatic heterocycles. The standard InChI is InChI=1S/C12H16F3NO/c1-9(16-2)6-7-10-4-3-5-11(8-10)17-12(13,14)15/h3-5,8-9,16H,6-7H2,1-2H3. The summed E-state index contributed by atoms with van der Waals surface area (Å²) in [5.41, 5.74) is 0.842. The molecule has 1 aromatic carbocycles. The van der Waals surface area contributed by atoms with Gasteiger partial charge in [-0.1, -0.05) is 12.1 Å². The van der Waals surface area contributed by atoms with Crippen molar-refractivity contribution in [2.24, 2.45) is 0 Å². The maximum Gasteiger partial charge on any atom is 0.573 e. The van der Waals surface area contributed by atoms with E-state index in [0.29, 0.717) is 6.04 Å². The highest BCUT2D eigenvalue weighted by Gasteiger charge is 2.31. The first-order valence-corrected chi connectivity index (χ1v) is 5.42. The Morgan fingerprint density at radius 3 is 2.65 bits per heavy atom. The summed E-state index contributed by atoms with van der Waals surface area (Å²) in [6, 6.07) is 6.43. The Morgan fingerprint density at radius 1 is 1.35 bits per heavy atom. The van der Waals surface area contributed by atoms with Crippen molar-refractivity contribution in [1.82, 2.24) is 5.32 Å². The molecule has 0 aliphatic carbocycles. The lowest BCUT2D eigenvalue weighted by Crippen LogP contribution is -2.21. The van der Waals surface area contributed by atoms with Crippen LogP contribution in [0.1, 0.15) is 18.9 Å². The predicted octanol–water partition coefficient (Wildman–Crippen LogP) is 3.13. The zero-order chi connectivity index (χ0) is 12.9. The Hall–Kier alpha value is -1.23. The fourth-order valence-corrected chi connectivity index (χ4v) is 1.43. The zero-order valence-corrected chi connectivity index (χ0v) is 9.84. The largest absolute Gasteiger partial charge is 0.573 e. The number of nitrogens with one attached hydrogen (secondary N) is 1. The van der Waals surface area contributed by atoms with Crippen molar-refractivity contribution in [2.75, 3.05) is 7.05 Å². The SMILES string of the molecule is CNC(C)CCc1cccc(OC(F)(F)F)c1. The molecule has 0 spiro atoms. The highest BCUT2D eigenvalue weighted by molar-refractivity contribution is 5.28. The molecule has 1 atom stereocenters. The van der Waals surface area contributed by atoms with Crippen molar-refractivity contribution in [3.8, 4) is 5.75 Å². The minimum atomic E-state index is -4.63. The first kappa shape index (κ1) is 13.8. The van der Waals surface area contributed by atoms with Crippen LogP contribution >= 0.6 is 0 Å². The van der Waals surface area contributed by atoms with Crippen LogP contribution < -0.4 is 10.1 Å². The maximum absolute atomic E-state index is 12.0. The molecule has 17 heavy (non-hydrogen) atoms. The zero-order valence-electron chi connectivity index (χ0n) is 9.84. The summed E-state index contributed by atoms with van der Waals surface area (Å²) in [5, 5.41) is 3.08. The first-order chi connectivity index (χ1) is 7.90. The van der Waals surface area contributed by atoms with E-state index in [9.17, 15) is 13.2 Å². The third-order valence-electron chi connectivity index (χ3n) is 2.49. The average molecular weight is 247 g/mol. The third-order valence-corrected chi connectivity index (χ3v) is 2.49. The van der Waals surface area contributed by atoms with Crippen molar-refractivity contribution in [3.05, 3.63) is 29.8 Å². The highest BCUT2D eigenvalue weighted by atomic mass is 19.4. The van der Waals surface area contributed by atoms with Gasteiger partial charge in [0.1, 0.15) is 5.75 Å². The number of ether oxygens (including phenoxy) is 1. The Bertz CT molecular complexity index is 352. The van der Waals surface area contributed by atoms with E-state index >= 15 is 0 Å². The van der Waals surface area contributed by atoms with Crippen LogP contribution in [-0.2, 0) is 6.42 Å². The van der Waals surface area contributed by atoms with Gasteiger partial charge in [-0.2, -0.15) is 0 Å². The van der Waals surface area contributed by atoms with Gasteiger partial charge in [-0.15, -0.1) is 13.2 Å². The van der Waals surface area contributed by atoms with Gasteiger partial charge in [0.25, 0.3) is 0 Å². The monoisotopic (exact) mass is 247 g/mol. The number of alkyl halides is 3. The van der Waals surface area contributed by atoms with Crippen LogP contribution in [0.4, 0.5) is 13.2 Å². The van der Waals surface area contributed by atoms with Crippen LogP contribution in [0, 0.1) is 0 Å². The van der Waals surface area contributed by atoms with E-state index in [2.05, 4.69) is 10.1 Å². The van der Waals surface area contributed by atoms with Crippen molar-refractivity contribution in [1.29, 1.82) is 0 Å². The Labute approximate surface area is 98.8 Å². The number of hydrogen-bond acceptors (Lipinski definition) is 2. The number of hydrogen-bond donors (Lipinski definition) is 1. The molecule has 0 saturated heterocycles. The smallest absolute Gasteiger partial charge is 0.406 e. The van der Waals surface area contributed by atoms with Gasteiger partial charge >= 0.3 is 6.36 Å². The van der Waals surface area contributed by atoms with Gasteiger partial charge in [-0.05, 0) is 44.5 Å². The van der Waals surface area contributed by atoms with E-state index in [1.165, 1.54) is 12.1 Å². The second-order valence-electron chi connectivity index (χ2n) is 3.92. The van der Waals surface area contributed by atoms with E-state index in [4.69, 9.17) is 0 Å². The van der Waals surface area contributed by atoms with Gasteiger partial charge in [0, 0.05) is 6.04 Å². The second-order valence-corrected chi connectivity index (χ2v) is 3.92. The van der Waals surface area contributed by atoms with E-state index in [1.54, 1.807) is 12.1 Å². The molecule has 2 nitrogen and oxygen atoms in total. The minimum Gasteiger partial charge on any atom is -0.406 e. The summed E-state index contributed by atoms with van der Waals surface area (Å²) in [5.74, 6) is -0.160. The maximum atomic E-state index is 12.0. The molecule has 1 rings (SSSR count). The fourth-order valence-electron chi connectivity index (χ4n) is 1.43. The van der Waals surface area contributed by atoms with Gasteiger partial charge in [0.15, 0.2) is 0 Å². The summed E-state index contributed by atoms with van der Waals surface area (Å²) in [6.45, 7) is 2.02. The third kappa shape index (κ3) is 5.58. The highest BCUT2D eigenvalue weighted by Crippen LogP contribution is 2.23. The summed E-state index contributed by atoms with van der Waals surface area (Å²) >= 11 is 0. The van der Waals surface area contributed by atoms with Crippen LogP contribution in [-0.4, -0.2) is 19.5 Å². The number of aryl methyl sites for hydroxylation is 1. The van der Waals surface area contributed by atoms with Gasteiger partial charge in [0.05, 0.1) is 0 Å². The number of halogens is 3. The molecule has 96 valence electrons. The topological polar surface area (TPSA) is 21.3 Å². The number of rotatable bonds is 5. The molecule has 1 N–H and O–H groups in total. The van der Waals surface area contributed by atoms with Crippen LogP contribution in [0.25, 0.3) is 0 Å². The van der Waals surface area contributed by atoms with Crippen LogP contribution in [0.3, 0.4) is 0 Å². The Balaban J connectivity index is 2.60. The van der Waals surface area contributed by atoms with E-state index in [0.717, 1.165) is 18.4 Å². The lowest BCUT2D eigenvalue weighted by atomic mass is 10.1. The summed E-state index contributed by atoms with van der Waals surface area (Å²) in [7, 11) is 1.86. The molecule has 0 bridgehead atoms. The molecule has 0 radical (unpaired) electrons. The fraction of sp³-hybridized carbons (Fsp3) is 0.500. The molecular formula is C12H16F3NO. The van der Waals surface area contributed by atoms with Crippen LogP contribution in [0.5, 0.6) is 5.75 Å². The molecule has 0 aliphatic rings. The van der Waals surface area contributed by atoms with Crippen molar-refractivity contribution >= 4 is 0 Å². The molecule has 0 saturated carbocycles. The van der Waals surface area contributed by atoms with E-state index in [1.807, 2.05) is 14.0 Å². The predicted molar refractivity (Wildman–Crippen MR) is 60.0 cm³/mol. The molecule has 0 fully saturated rings. The van der Waals surface area contributed by atoms with Gasteiger partial charge in [-0.3, -0.25) is 0 Å². The molecule has 1 unspecified atom stereocenters. The quantitative estimate of drug-likeness (QED) is 0.863. The van der Waals surface area contributed by atoms with E-state index in [-0.39, 0.29) is 5.75 Å². The molecule has 0 aliphatic heterocycles. The summed E-state index contributed by atoms with van der Waals surface area (Å²) < 4.78 is 39.9. The average Bonchev–Trinajstić information content (AvgIpc) is 2.24. The molecule has 5 heteroatoms. The molecule has 0 heterocycles. The van der Waals surface area contributed by atoms with Crippen LogP contribution in [0.15, 0.2) is 24.3 Å². The van der Waals surface area contributed by atoms with E-state index < -0.39 is 6.36 Å². The van der Waals surface area contributed by atoms with Gasteiger partial charge in [0.2, 0.25) is 0 Å². The normalized spacial score (nSPS) is 13.5. The summed E-state index contributed by atoms with van der Waals surface area (Å²) in [4.78, 5) is 0. The Morgan fingerprint density at radius 2 is 2.06 bits per heavy atom. The molecular weight excluding hydrogens is 231 g/mol. The lowest BCUT2D eigenvalue weighted by molar-refractivity contribution is -0.274. The van der Waals surface area contributed by atoms with Crippen molar-refractivity contribution < 1.29 is 17.9 Å². The second kappa shape index (κ2) is 5.91.